The van der Waals surface area contributed by atoms with Gasteiger partial charge in [-0.15, -0.1) is 0 Å². The average Bonchev–Trinajstić information content (AvgIpc) is 3.01. The molecular formula is C20H25NO6. The highest BCUT2D eigenvalue weighted by Crippen LogP contribution is 2.28. The number of amides is 1. The number of hydrogen-bond acceptors (Lipinski definition) is 5. The van der Waals surface area contributed by atoms with Crippen LogP contribution < -0.4 is 9.47 Å². The van der Waals surface area contributed by atoms with Gasteiger partial charge >= 0.3 is 5.97 Å². The molecular weight excluding hydrogens is 350 g/mol. The van der Waals surface area contributed by atoms with Crippen LogP contribution in [-0.4, -0.2) is 43.2 Å². The highest BCUT2D eigenvalue weighted by atomic mass is 16.5. The number of carbonyl (C=O) groups excluding carboxylic acids is 1. The van der Waals surface area contributed by atoms with Gasteiger partial charge in [0.15, 0.2) is 11.5 Å². The second-order valence-corrected chi connectivity index (χ2v) is 6.48. The van der Waals surface area contributed by atoms with Gasteiger partial charge in [-0.05, 0) is 37.1 Å². The molecule has 1 atom stereocenters. The number of furan rings is 1. The van der Waals surface area contributed by atoms with E-state index in [1.54, 1.807) is 28.2 Å². The summed E-state index contributed by atoms with van der Waals surface area (Å²) in [6.45, 7) is 3.66. The van der Waals surface area contributed by atoms with E-state index in [0.29, 0.717) is 29.4 Å². The molecule has 0 aliphatic carbocycles. The van der Waals surface area contributed by atoms with Crippen molar-refractivity contribution in [1.82, 2.24) is 4.90 Å². The summed E-state index contributed by atoms with van der Waals surface area (Å²) in [5.74, 6) is 0.669. The van der Waals surface area contributed by atoms with Crippen LogP contribution in [0.4, 0.5) is 0 Å². The minimum Gasteiger partial charge on any atom is -0.493 e. The number of carboxylic acids is 1. The van der Waals surface area contributed by atoms with E-state index in [1.165, 1.54) is 11.0 Å². The number of nitrogens with zero attached hydrogens (tertiary/aromatic N) is 1. The SMILES string of the molecule is COc1ccc(CC(C)C(=O)N(C)Cc2cc(C(=O)O)c(C)o2)cc1OC. The summed E-state index contributed by atoms with van der Waals surface area (Å²) >= 11 is 0. The normalized spacial score (nSPS) is 11.7. The maximum absolute atomic E-state index is 12.7. The molecule has 0 radical (unpaired) electrons. The number of methoxy groups -OCH3 is 2. The molecule has 0 bridgehead atoms. The third-order valence-electron chi connectivity index (χ3n) is 4.38. The van der Waals surface area contributed by atoms with Gasteiger partial charge < -0.3 is 23.9 Å². The third kappa shape index (κ3) is 4.81. The Labute approximate surface area is 158 Å². The molecule has 0 saturated heterocycles. The average molecular weight is 375 g/mol. The Balaban J connectivity index is 2.04. The molecule has 7 heteroatoms. The highest BCUT2D eigenvalue weighted by molar-refractivity contribution is 5.88. The maximum atomic E-state index is 12.7. The number of hydrogen-bond donors (Lipinski definition) is 1. The van der Waals surface area contributed by atoms with Crippen molar-refractivity contribution >= 4 is 11.9 Å². The Kier molecular flexibility index (Phi) is 6.50. The molecule has 1 N–H and O–H groups in total. The minimum atomic E-state index is -1.04. The standard InChI is InChI=1S/C20H25NO6/c1-12(8-14-6-7-17(25-4)18(9-14)26-5)19(22)21(3)11-15-10-16(20(23)24)13(2)27-15/h6-7,9-10,12H,8,11H2,1-5H3,(H,23,24). The fraction of sp³-hybridized carbons (Fsp3) is 0.400. The lowest BCUT2D eigenvalue weighted by molar-refractivity contribution is -0.134. The monoisotopic (exact) mass is 375 g/mol. The zero-order valence-electron chi connectivity index (χ0n) is 16.2. The first-order valence-corrected chi connectivity index (χ1v) is 8.55. The molecule has 1 aromatic carbocycles. The molecule has 1 unspecified atom stereocenters. The summed E-state index contributed by atoms with van der Waals surface area (Å²) < 4.78 is 16.0. The van der Waals surface area contributed by atoms with E-state index >= 15 is 0 Å². The van der Waals surface area contributed by atoms with Crippen LogP contribution in [0.15, 0.2) is 28.7 Å². The number of benzene rings is 1. The zero-order valence-corrected chi connectivity index (χ0v) is 16.2. The first kappa shape index (κ1) is 20.4. The van der Waals surface area contributed by atoms with Gasteiger partial charge in [0.05, 0.1) is 20.8 Å². The van der Waals surface area contributed by atoms with Gasteiger partial charge in [-0.3, -0.25) is 4.79 Å². The number of aromatic carboxylic acids is 1. The molecule has 7 nitrogen and oxygen atoms in total. The van der Waals surface area contributed by atoms with Crippen LogP contribution in [0.25, 0.3) is 0 Å². The van der Waals surface area contributed by atoms with E-state index in [4.69, 9.17) is 19.0 Å². The van der Waals surface area contributed by atoms with Crippen LogP contribution in [-0.2, 0) is 17.8 Å². The van der Waals surface area contributed by atoms with Crippen LogP contribution >= 0.6 is 0 Å². The topological polar surface area (TPSA) is 89.2 Å². The van der Waals surface area contributed by atoms with Crippen molar-refractivity contribution in [2.24, 2.45) is 5.92 Å². The Morgan fingerprint density at radius 3 is 2.41 bits per heavy atom. The molecule has 1 amide bonds. The fourth-order valence-electron chi connectivity index (χ4n) is 2.97. The fourth-order valence-corrected chi connectivity index (χ4v) is 2.97. The Morgan fingerprint density at radius 1 is 1.19 bits per heavy atom. The maximum Gasteiger partial charge on any atom is 0.339 e. The van der Waals surface area contributed by atoms with Crippen LogP contribution in [0.1, 0.15) is 34.4 Å². The van der Waals surface area contributed by atoms with E-state index in [9.17, 15) is 9.59 Å². The van der Waals surface area contributed by atoms with E-state index in [1.807, 2.05) is 25.1 Å². The summed E-state index contributed by atoms with van der Waals surface area (Å²) in [7, 11) is 4.82. The molecule has 1 aromatic heterocycles. The molecule has 2 aromatic rings. The van der Waals surface area contributed by atoms with Crippen molar-refractivity contribution in [3.05, 3.63) is 46.9 Å². The van der Waals surface area contributed by atoms with Gasteiger partial charge in [-0.25, -0.2) is 4.79 Å². The number of carbonyl (C=O) groups is 2. The molecule has 1 heterocycles. The van der Waals surface area contributed by atoms with Crippen LogP contribution in [0, 0.1) is 12.8 Å². The summed E-state index contributed by atoms with van der Waals surface area (Å²) in [6, 6.07) is 7.03. The van der Waals surface area contributed by atoms with E-state index in [0.717, 1.165) is 5.56 Å². The molecule has 27 heavy (non-hydrogen) atoms. The predicted octanol–water partition coefficient (Wildman–Crippen LogP) is 3.14. The molecule has 0 aliphatic rings. The largest absolute Gasteiger partial charge is 0.493 e. The molecule has 0 saturated carbocycles. The van der Waals surface area contributed by atoms with E-state index in [2.05, 4.69) is 0 Å². The van der Waals surface area contributed by atoms with Crippen LogP contribution in [0.2, 0.25) is 0 Å². The molecule has 2 rings (SSSR count). The number of ether oxygens (including phenoxy) is 2. The van der Waals surface area contributed by atoms with E-state index < -0.39 is 5.97 Å². The summed E-state index contributed by atoms with van der Waals surface area (Å²) in [6.07, 6.45) is 0.543. The van der Waals surface area contributed by atoms with Gasteiger partial charge in [0, 0.05) is 13.0 Å². The smallest absolute Gasteiger partial charge is 0.339 e. The quantitative estimate of drug-likeness (QED) is 0.762. The van der Waals surface area contributed by atoms with Crippen molar-refractivity contribution in [2.45, 2.75) is 26.8 Å². The second-order valence-electron chi connectivity index (χ2n) is 6.48. The molecule has 0 fully saturated rings. The molecule has 0 spiro atoms. The van der Waals surface area contributed by atoms with Crippen molar-refractivity contribution in [1.29, 1.82) is 0 Å². The lowest BCUT2D eigenvalue weighted by atomic mass is 9.99. The lowest BCUT2D eigenvalue weighted by Gasteiger charge is -2.21. The molecule has 146 valence electrons. The third-order valence-corrected chi connectivity index (χ3v) is 4.38. The Bertz CT molecular complexity index is 826. The first-order valence-electron chi connectivity index (χ1n) is 8.55. The zero-order chi connectivity index (χ0) is 20.1. The summed E-state index contributed by atoms with van der Waals surface area (Å²) in [5, 5.41) is 9.10. The van der Waals surface area contributed by atoms with Gasteiger partial charge in [0.1, 0.15) is 17.1 Å². The van der Waals surface area contributed by atoms with Crippen LogP contribution in [0.3, 0.4) is 0 Å². The van der Waals surface area contributed by atoms with Gasteiger partial charge in [-0.2, -0.15) is 0 Å². The first-order chi connectivity index (χ1) is 12.8. The number of rotatable bonds is 8. The van der Waals surface area contributed by atoms with Gasteiger partial charge in [0.25, 0.3) is 0 Å². The van der Waals surface area contributed by atoms with Gasteiger partial charge in [-0.1, -0.05) is 13.0 Å². The highest BCUT2D eigenvalue weighted by Gasteiger charge is 2.21. The summed E-state index contributed by atoms with van der Waals surface area (Å²) in [4.78, 5) is 25.3. The van der Waals surface area contributed by atoms with Crippen molar-refractivity contribution in [3.63, 3.8) is 0 Å². The predicted molar refractivity (Wildman–Crippen MR) is 99.3 cm³/mol. The van der Waals surface area contributed by atoms with Crippen molar-refractivity contribution < 1.29 is 28.6 Å². The second kappa shape index (κ2) is 8.62. The van der Waals surface area contributed by atoms with Gasteiger partial charge in [0.2, 0.25) is 5.91 Å². The van der Waals surface area contributed by atoms with Crippen LogP contribution in [0.5, 0.6) is 11.5 Å². The Morgan fingerprint density at radius 2 is 1.85 bits per heavy atom. The number of aryl methyl sites for hydroxylation is 1. The van der Waals surface area contributed by atoms with Crippen molar-refractivity contribution in [2.75, 3.05) is 21.3 Å². The van der Waals surface area contributed by atoms with Crippen molar-refractivity contribution in [3.8, 4) is 11.5 Å². The summed E-state index contributed by atoms with van der Waals surface area (Å²) in [5.41, 5.74) is 1.08. The minimum absolute atomic E-state index is 0.0595. The lowest BCUT2D eigenvalue weighted by Crippen LogP contribution is -2.32. The number of carboxylic acid groups (broad SMARTS) is 1. The molecule has 0 aliphatic heterocycles. The Hall–Kier alpha value is -2.96. The van der Waals surface area contributed by atoms with E-state index in [-0.39, 0.29) is 23.9 Å².